The quantitative estimate of drug-likeness (QED) is 0.114. The maximum Gasteiger partial charge on any atom is 0.416 e. The fourth-order valence-corrected chi connectivity index (χ4v) is 7.38. The van der Waals surface area contributed by atoms with E-state index in [0.717, 1.165) is 68.3 Å². The van der Waals surface area contributed by atoms with Crippen molar-refractivity contribution in [2.75, 3.05) is 24.4 Å². The molecule has 5 aromatic rings. The van der Waals surface area contributed by atoms with Crippen molar-refractivity contribution >= 4 is 26.7 Å². The molecule has 1 aliphatic heterocycles. The number of hydrogen-bond acceptors (Lipinski definition) is 10. The van der Waals surface area contributed by atoms with Crippen molar-refractivity contribution in [3.63, 3.8) is 0 Å². The molecule has 1 aliphatic rings. The van der Waals surface area contributed by atoms with E-state index in [1.807, 2.05) is 12.1 Å². The van der Waals surface area contributed by atoms with E-state index >= 15 is 0 Å². The Labute approximate surface area is 291 Å². The number of benzene rings is 3. The zero-order valence-electron chi connectivity index (χ0n) is 26.6. The number of aromatic nitrogens is 3. The van der Waals surface area contributed by atoms with Crippen LogP contribution in [0.15, 0.2) is 90.2 Å². The smallest absolute Gasteiger partial charge is 0.416 e. The minimum atomic E-state index is -4.51. The zero-order chi connectivity index (χ0) is 35.1. The second-order valence-corrected chi connectivity index (χ2v) is 14.2. The first-order valence-corrected chi connectivity index (χ1v) is 18.0. The van der Waals surface area contributed by atoms with Gasteiger partial charge in [-0.3, -0.25) is 9.71 Å². The van der Waals surface area contributed by atoms with Crippen LogP contribution < -0.4 is 20.1 Å². The molecule has 2 aromatic heterocycles. The summed E-state index contributed by atoms with van der Waals surface area (Å²) in [6.07, 6.45) is 1.75. The molecule has 15 heteroatoms. The van der Waals surface area contributed by atoms with Crippen LogP contribution in [0, 0.1) is 17.2 Å². The van der Waals surface area contributed by atoms with Crippen molar-refractivity contribution in [2.24, 2.45) is 5.92 Å². The van der Waals surface area contributed by atoms with E-state index in [1.165, 1.54) is 30.6 Å². The van der Waals surface area contributed by atoms with E-state index < -0.39 is 21.8 Å². The lowest BCUT2D eigenvalue weighted by Gasteiger charge is -2.22. The molecule has 0 unspecified atom stereocenters. The summed E-state index contributed by atoms with van der Waals surface area (Å²) in [4.78, 5) is 8.17. The maximum atomic E-state index is 13.6. The molecular weight excluding hydrogens is 688 g/mol. The van der Waals surface area contributed by atoms with Crippen molar-refractivity contribution in [1.29, 1.82) is 5.26 Å². The van der Waals surface area contributed by atoms with Crippen LogP contribution in [0.3, 0.4) is 0 Å². The van der Waals surface area contributed by atoms with Crippen LogP contribution in [0.25, 0.3) is 22.3 Å². The predicted molar refractivity (Wildman–Crippen MR) is 184 cm³/mol. The van der Waals surface area contributed by atoms with Gasteiger partial charge in [-0.15, -0.1) is 0 Å². The van der Waals surface area contributed by atoms with Crippen molar-refractivity contribution < 1.29 is 26.3 Å². The minimum absolute atomic E-state index is 0.0496. The van der Waals surface area contributed by atoms with Crippen molar-refractivity contribution in [3.8, 4) is 39.8 Å². The van der Waals surface area contributed by atoms with Gasteiger partial charge < -0.3 is 15.4 Å². The maximum absolute atomic E-state index is 13.6. The first-order chi connectivity index (χ1) is 24.1. The van der Waals surface area contributed by atoms with Crippen LogP contribution in [-0.2, 0) is 22.7 Å². The van der Waals surface area contributed by atoms with E-state index in [1.54, 1.807) is 36.5 Å². The number of halogens is 3. The average molecular weight is 720 g/mol. The summed E-state index contributed by atoms with van der Waals surface area (Å²) in [5.41, 5.74) is 2.05. The van der Waals surface area contributed by atoms with E-state index in [4.69, 9.17) is 4.74 Å². The molecule has 6 rings (SSSR count). The van der Waals surface area contributed by atoms with Gasteiger partial charge in [0.1, 0.15) is 23.9 Å². The Balaban J connectivity index is 1.31. The highest BCUT2D eigenvalue weighted by atomic mass is 32.2. The third kappa shape index (κ3) is 8.64. The number of pyridine rings is 1. The van der Waals surface area contributed by atoms with E-state index in [9.17, 15) is 26.9 Å². The Bertz CT molecular complexity index is 2100. The van der Waals surface area contributed by atoms with Gasteiger partial charge in [0.25, 0.3) is 10.0 Å². The Morgan fingerprint density at radius 3 is 2.52 bits per heavy atom. The first-order valence-electron chi connectivity index (χ1n) is 15.8. The molecule has 3 heterocycles. The molecule has 1 saturated heterocycles. The summed E-state index contributed by atoms with van der Waals surface area (Å²) in [7, 11) is -4.07. The fraction of sp³-hybridized carbons (Fsp3) is 0.257. The summed E-state index contributed by atoms with van der Waals surface area (Å²) in [6, 6.07) is 19.6. The van der Waals surface area contributed by atoms with Gasteiger partial charge in [0.15, 0.2) is 0 Å². The second kappa shape index (κ2) is 15.3. The lowest BCUT2D eigenvalue weighted by molar-refractivity contribution is -0.137. The minimum Gasteiger partial charge on any atom is -0.455 e. The fourth-order valence-electron chi connectivity index (χ4n) is 5.70. The number of ether oxygens (including phenoxy) is 1. The molecule has 0 bridgehead atoms. The molecule has 0 atom stereocenters. The highest BCUT2D eigenvalue weighted by Crippen LogP contribution is 2.39. The summed E-state index contributed by atoms with van der Waals surface area (Å²) in [5.74, 6) is 1.07. The molecule has 1 fully saturated rings. The monoisotopic (exact) mass is 719 g/mol. The van der Waals surface area contributed by atoms with Crippen LogP contribution in [-0.4, -0.2) is 42.4 Å². The SMILES string of the molecule is N#Cc1cc(S(=O)(=O)Nc2ncns2)ccc1Oc1ccc(-c2cccc(C(F)(F)F)c2)cc1-c1ccnc(CNCCC2CCNCC2)c1. The van der Waals surface area contributed by atoms with Gasteiger partial charge in [0.05, 0.1) is 21.7 Å². The van der Waals surface area contributed by atoms with Crippen molar-refractivity contribution in [3.05, 3.63) is 102 Å². The number of anilines is 1. The molecule has 0 radical (unpaired) electrons. The predicted octanol–water partition coefficient (Wildman–Crippen LogP) is 7.23. The molecule has 0 amide bonds. The van der Waals surface area contributed by atoms with Crippen molar-refractivity contribution in [2.45, 2.75) is 36.9 Å². The largest absolute Gasteiger partial charge is 0.455 e. The van der Waals surface area contributed by atoms with Gasteiger partial charge in [0, 0.05) is 29.8 Å². The van der Waals surface area contributed by atoms with Crippen LogP contribution in [0.5, 0.6) is 11.5 Å². The average Bonchev–Trinajstić information content (AvgIpc) is 3.63. The molecule has 3 N–H and O–H groups in total. The standard InChI is InChI=1S/C35H32F3N7O3S2/c36-35(37,38)28-3-1-2-24(16-28)25-4-6-33(48-32-7-5-30(18-27(32)20-39)50(46,47)45-34-43-22-44-49-34)31(19-25)26-11-15-42-29(17-26)21-41-14-10-23-8-12-40-13-9-23/h1-7,11,15-19,22-23,40-41H,8-10,12-14,21H2,(H,43,44,45). The molecule has 258 valence electrons. The molecule has 10 nitrogen and oxygen atoms in total. The zero-order valence-corrected chi connectivity index (χ0v) is 28.2. The number of nitrogens with zero attached hydrogens (tertiary/aromatic N) is 4. The highest BCUT2D eigenvalue weighted by Gasteiger charge is 2.30. The van der Waals surface area contributed by atoms with Crippen LogP contribution in [0.4, 0.5) is 18.3 Å². The normalized spacial score (nSPS) is 13.9. The Kier molecular flexibility index (Phi) is 10.7. The summed E-state index contributed by atoms with van der Waals surface area (Å²) < 4.78 is 78.9. The number of alkyl halides is 3. The van der Waals surface area contributed by atoms with E-state index in [-0.39, 0.29) is 21.3 Å². The summed E-state index contributed by atoms with van der Waals surface area (Å²) in [5, 5.41) is 16.9. The third-order valence-electron chi connectivity index (χ3n) is 8.31. The van der Waals surface area contributed by atoms with Gasteiger partial charge >= 0.3 is 6.18 Å². The molecule has 50 heavy (non-hydrogen) atoms. The lowest BCUT2D eigenvalue weighted by Crippen LogP contribution is -2.29. The Hall–Kier alpha value is -4.88. The summed E-state index contributed by atoms with van der Waals surface area (Å²) in [6.45, 7) is 3.44. The molecular formula is C35H32F3N7O3S2. The number of piperidine rings is 1. The van der Waals surface area contributed by atoms with Gasteiger partial charge in [-0.2, -0.15) is 22.8 Å². The van der Waals surface area contributed by atoms with Gasteiger partial charge in [-0.05, 0) is 116 Å². The van der Waals surface area contributed by atoms with Gasteiger partial charge in [-0.25, -0.2) is 13.4 Å². The number of nitrogens with one attached hydrogen (secondary N) is 3. The Morgan fingerprint density at radius 2 is 1.76 bits per heavy atom. The highest BCUT2D eigenvalue weighted by molar-refractivity contribution is 7.93. The number of hydrogen-bond donors (Lipinski definition) is 3. The van der Waals surface area contributed by atoms with Crippen LogP contribution in [0.1, 0.15) is 36.1 Å². The molecule has 3 aromatic carbocycles. The summed E-state index contributed by atoms with van der Waals surface area (Å²) >= 11 is 0.865. The number of rotatable bonds is 12. The van der Waals surface area contributed by atoms with E-state index in [2.05, 4.69) is 29.7 Å². The molecule has 0 saturated carbocycles. The van der Waals surface area contributed by atoms with E-state index in [0.29, 0.717) is 40.5 Å². The number of sulfonamides is 1. The number of nitriles is 1. The van der Waals surface area contributed by atoms with Crippen LogP contribution in [0.2, 0.25) is 0 Å². The molecule has 0 spiro atoms. The van der Waals surface area contributed by atoms with Crippen LogP contribution >= 0.6 is 11.5 Å². The lowest BCUT2D eigenvalue weighted by atomic mass is 9.95. The van der Waals surface area contributed by atoms with Gasteiger partial charge in [0.2, 0.25) is 5.13 Å². The van der Waals surface area contributed by atoms with Gasteiger partial charge in [-0.1, -0.05) is 18.2 Å². The third-order valence-corrected chi connectivity index (χ3v) is 10.4. The second-order valence-electron chi connectivity index (χ2n) is 11.7. The van der Waals surface area contributed by atoms with Crippen molar-refractivity contribution in [1.82, 2.24) is 25.0 Å². The Morgan fingerprint density at radius 1 is 0.960 bits per heavy atom. The molecule has 0 aliphatic carbocycles. The first kappa shape index (κ1) is 35.0. The topological polar surface area (TPSA) is 142 Å².